The van der Waals surface area contributed by atoms with Gasteiger partial charge in [0, 0.05) is 17.8 Å². The zero-order valence-electron chi connectivity index (χ0n) is 11.3. The Bertz CT molecular complexity index is 526. The van der Waals surface area contributed by atoms with E-state index in [0.29, 0.717) is 5.88 Å². The third-order valence-corrected chi connectivity index (χ3v) is 3.77. The van der Waals surface area contributed by atoms with E-state index in [9.17, 15) is 0 Å². The topological polar surface area (TPSA) is 22.1 Å². The molecular weight excluding hydrogens is 234 g/mol. The highest BCUT2D eigenvalue weighted by molar-refractivity contribution is 5.62. The lowest BCUT2D eigenvalue weighted by atomic mass is 10.0. The molecule has 19 heavy (non-hydrogen) atoms. The van der Waals surface area contributed by atoms with Crippen molar-refractivity contribution in [1.82, 2.24) is 4.98 Å². The molecule has 1 aliphatic rings. The summed E-state index contributed by atoms with van der Waals surface area (Å²) in [6, 6.07) is 12.8. The molecule has 0 aliphatic heterocycles. The molecule has 0 spiro atoms. The molecule has 3 rings (SSSR count). The van der Waals surface area contributed by atoms with E-state index in [1.165, 1.54) is 36.8 Å². The average Bonchev–Trinajstić information content (AvgIpc) is 3.30. The predicted octanol–water partition coefficient (Wildman–Crippen LogP) is 4.10. The quantitative estimate of drug-likeness (QED) is 0.800. The van der Waals surface area contributed by atoms with Crippen LogP contribution in [-0.4, -0.2) is 12.1 Å². The molecule has 0 N–H and O–H groups in total. The molecule has 0 saturated heterocycles. The van der Waals surface area contributed by atoms with Crippen molar-refractivity contribution in [2.24, 2.45) is 5.92 Å². The van der Waals surface area contributed by atoms with Crippen LogP contribution in [0.4, 0.5) is 0 Å². The van der Waals surface area contributed by atoms with Gasteiger partial charge in [0.1, 0.15) is 0 Å². The fourth-order valence-electron chi connectivity index (χ4n) is 2.31. The van der Waals surface area contributed by atoms with Gasteiger partial charge in [-0.1, -0.05) is 37.1 Å². The Labute approximate surface area is 114 Å². The van der Waals surface area contributed by atoms with E-state index in [4.69, 9.17) is 4.74 Å². The van der Waals surface area contributed by atoms with Crippen LogP contribution in [0.15, 0.2) is 42.6 Å². The molecule has 1 saturated carbocycles. The van der Waals surface area contributed by atoms with Crippen molar-refractivity contribution in [3.8, 4) is 17.0 Å². The van der Waals surface area contributed by atoms with Crippen molar-refractivity contribution in [2.45, 2.75) is 25.7 Å². The minimum atomic E-state index is 0.657. The van der Waals surface area contributed by atoms with Gasteiger partial charge in [0.25, 0.3) is 0 Å². The Morgan fingerprint density at radius 3 is 2.37 bits per heavy atom. The number of aryl methyl sites for hydroxylation is 1. The van der Waals surface area contributed by atoms with Gasteiger partial charge in [0.15, 0.2) is 0 Å². The molecule has 0 bridgehead atoms. The molecular formula is C17H19NO. The Kier molecular flexibility index (Phi) is 3.49. The second kappa shape index (κ2) is 5.43. The average molecular weight is 253 g/mol. The molecule has 2 aromatic rings. The molecule has 1 aromatic heterocycles. The Balaban J connectivity index is 1.69. The van der Waals surface area contributed by atoms with E-state index in [1.54, 1.807) is 7.11 Å². The standard InChI is InChI=1S/C17H19NO/c1-19-17-11-10-16(12-18-17)15-8-6-14(7-9-15)5-4-13-2-3-13/h6-13H,2-5H2,1H3. The summed E-state index contributed by atoms with van der Waals surface area (Å²) in [6.07, 6.45) is 7.30. The van der Waals surface area contributed by atoms with Crippen molar-refractivity contribution in [3.63, 3.8) is 0 Å². The highest BCUT2D eigenvalue weighted by Gasteiger charge is 2.20. The number of hydrogen-bond acceptors (Lipinski definition) is 2. The van der Waals surface area contributed by atoms with Gasteiger partial charge in [-0.25, -0.2) is 4.98 Å². The highest BCUT2D eigenvalue weighted by atomic mass is 16.5. The number of aromatic nitrogens is 1. The highest BCUT2D eigenvalue weighted by Crippen LogP contribution is 2.33. The lowest BCUT2D eigenvalue weighted by Gasteiger charge is -2.05. The summed E-state index contributed by atoms with van der Waals surface area (Å²) >= 11 is 0. The minimum absolute atomic E-state index is 0.657. The summed E-state index contributed by atoms with van der Waals surface area (Å²) in [5.74, 6) is 1.66. The van der Waals surface area contributed by atoms with Gasteiger partial charge in [-0.3, -0.25) is 0 Å². The van der Waals surface area contributed by atoms with Gasteiger partial charge < -0.3 is 4.74 Å². The summed E-state index contributed by atoms with van der Waals surface area (Å²) in [4.78, 5) is 4.24. The van der Waals surface area contributed by atoms with Crippen molar-refractivity contribution in [1.29, 1.82) is 0 Å². The normalized spacial score (nSPS) is 14.4. The number of benzene rings is 1. The predicted molar refractivity (Wildman–Crippen MR) is 77.3 cm³/mol. The number of hydrogen-bond donors (Lipinski definition) is 0. The first-order valence-corrected chi connectivity index (χ1v) is 6.94. The van der Waals surface area contributed by atoms with Gasteiger partial charge in [-0.2, -0.15) is 0 Å². The van der Waals surface area contributed by atoms with Gasteiger partial charge in [-0.05, 0) is 36.0 Å². The molecule has 0 amide bonds. The lowest BCUT2D eigenvalue weighted by molar-refractivity contribution is 0.398. The molecule has 2 heteroatoms. The third-order valence-electron chi connectivity index (χ3n) is 3.77. The van der Waals surface area contributed by atoms with Gasteiger partial charge >= 0.3 is 0 Å². The first-order chi connectivity index (χ1) is 9.35. The van der Waals surface area contributed by atoms with Gasteiger partial charge in [0.05, 0.1) is 7.11 Å². The minimum Gasteiger partial charge on any atom is -0.481 e. The smallest absolute Gasteiger partial charge is 0.212 e. The van der Waals surface area contributed by atoms with E-state index >= 15 is 0 Å². The van der Waals surface area contributed by atoms with Crippen LogP contribution in [0.3, 0.4) is 0 Å². The number of ether oxygens (including phenoxy) is 1. The fourth-order valence-corrected chi connectivity index (χ4v) is 2.31. The fraction of sp³-hybridized carbons (Fsp3) is 0.353. The molecule has 0 radical (unpaired) electrons. The summed E-state index contributed by atoms with van der Waals surface area (Å²) in [5, 5.41) is 0. The van der Waals surface area contributed by atoms with Crippen molar-refractivity contribution < 1.29 is 4.74 Å². The van der Waals surface area contributed by atoms with Crippen molar-refractivity contribution >= 4 is 0 Å². The summed E-state index contributed by atoms with van der Waals surface area (Å²) < 4.78 is 5.07. The van der Waals surface area contributed by atoms with Crippen LogP contribution >= 0.6 is 0 Å². The number of rotatable bonds is 5. The van der Waals surface area contributed by atoms with Crippen LogP contribution in [0.5, 0.6) is 5.88 Å². The second-order valence-electron chi connectivity index (χ2n) is 5.27. The zero-order valence-corrected chi connectivity index (χ0v) is 11.3. The van der Waals surface area contributed by atoms with Crippen molar-refractivity contribution in [2.75, 3.05) is 7.11 Å². The van der Waals surface area contributed by atoms with E-state index in [0.717, 1.165) is 11.5 Å². The van der Waals surface area contributed by atoms with E-state index < -0.39 is 0 Å². The maximum Gasteiger partial charge on any atom is 0.212 e. The van der Waals surface area contributed by atoms with Crippen LogP contribution < -0.4 is 4.74 Å². The van der Waals surface area contributed by atoms with Crippen molar-refractivity contribution in [3.05, 3.63) is 48.2 Å². The zero-order chi connectivity index (χ0) is 13.1. The first-order valence-electron chi connectivity index (χ1n) is 6.94. The molecule has 1 fully saturated rings. The lowest BCUT2D eigenvalue weighted by Crippen LogP contribution is -1.89. The molecule has 0 unspecified atom stereocenters. The van der Waals surface area contributed by atoms with Crippen LogP contribution in [0.2, 0.25) is 0 Å². The van der Waals surface area contributed by atoms with Crippen LogP contribution in [0, 0.1) is 5.92 Å². The summed E-state index contributed by atoms with van der Waals surface area (Å²) in [6.45, 7) is 0. The summed E-state index contributed by atoms with van der Waals surface area (Å²) in [7, 11) is 1.64. The number of nitrogens with zero attached hydrogens (tertiary/aromatic N) is 1. The molecule has 1 aliphatic carbocycles. The Morgan fingerprint density at radius 1 is 1.05 bits per heavy atom. The van der Waals surface area contributed by atoms with Crippen LogP contribution in [-0.2, 0) is 6.42 Å². The van der Waals surface area contributed by atoms with Gasteiger partial charge in [0.2, 0.25) is 5.88 Å². The Morgan fingerprint density at radius 2 is 1.79 bits per heavy atom. The maximum absolute atomic E-state index is 5.07. The first kappa shape index (κ1) is 12.2. The maximum atomic E-state index is 5.07. The van der Waals surface area contributed by atoms with Crippen LogP contribution in [0.25, 0.3) is 11.1 Å². The SMILES string of the molecule is COc1ccc(-c2ccc(CCC3CC3)cc2)cn1. The number of methoxy groups -OCH3 is 1. The second-order valence-corrected chi connectivity index (χ2v) is 5.27. The largest absolute Gasteiger partial charge is 0.481 e. The Hall–Kier alpha value is -1.83. The molecule has 1 heterocycles. The molecule has 98 valence electrons. The summed E-state index contributed by atoms with van der Waals surface area (Å²) in [5.41, 5.74) is 3.79. The van der Waals surface area contributed by atoms with E-state index in [-0.39, 0.29) is 0 Å². The third kappa shape index (κ3) is 3.14. The molecule has 0 atom stereocenters. The molecule has 1 aromatic carbocycles. The monoisotopic (exact) mass is 253 g/mol. The van der Waals surface area contributed by atoms with E-state index in [1.807, 2.05) is 18.3 Å². The van der Waals surface area contributed by atoms with Crippen LogP contribution in [0.1, 0.15) is 24.8 Å². The van der Waals surface area contributed by atoms with E-state index in [2.05, 4.69) is 29.2 Å². The molecule has 2 nitrogen and oxygen atoms in total. The number of pyridine rings is 1. The van der Waals surface area contributed by atoms with Gasteiger partial charge in [-0.15, -0.1) is 0 Å².